The Bertz CT molecular complexity index is 392. The van der Waals surface area contributed by atoms with Gasteiger partial charge in [-0.05, 0) is 82.6 Å². The Labute approximate surface area is 279 Å². The Balaban J connectivity index is -0.000000170. The van der Waals surface area contributed by atoms with Crippen molar-refractivity contribution in [2.24, 2.45) is 11.8 Å². The van der Waals surface area contributed by atoms with E-state index in [-0.39, 0.29) is 56.4 Å². The van der Waals surface area contributed by atoms with Gasteiger partial charge in [0.25, 0.3) is 0 Å². The van der Waals surface area contributed by atoms with Crippen molar-refractivity contribution in [1.82, 2.24) is 4.90 Å². The molecule has 6 heteroatoms. The molecular formula is C33H68Cl2Fe2NO-. The molecule has 0 spiro atoms. The van der Waals surface area contributed by atoms with Crippen molar-refractivity contribution in [2.75, 3.05) is 26.2 Å². The maximum absolute atomic E-state index is 8.84. The van der Waals surface area contributed by atoms with Crippen molar-refractivity contribution in [1.29, 1.82) is 0 Å². The molecule has 0 atom stereocenters. The third kappa shape index (κ3) is 28.1. The van der Waals surface area contributed by atoms with Gasteiger partial charge in [-0.2, -0.15) is 0 Å². The molecule has 4 saturated carbocycles. The van der Waals surface area contributed by atoms with Crippen LogP contribution in [0.1, 0.15) is 142 Å². The Morgan fingerprint density at radius 3 is 1.15 bits per heavy atom. The minimum Gasteiger partial charge on any atom is -0.396 e. The van der Waals surface area contributed by atoms with Gasteiger partial charge in [-0.1, -0.05) is 78.1 Å². The second-order valence-corrected chi connectivity index (χ2v) is 12.2. The van der Waals surface area contributed by atoms with Gasteiger partial charge in [0.1, 0.15) is 0 Å². The number of hydrogen-bond donors (Lipinski definition) is 1. The van der Waals surface area contributed by atoms with Crippen LogP contribution < -0.4 is 0 Å². The summed E-state index contributed by atoms with van der Waals surface area (Å²) in [6, 6.07) is 0. The Morgan fingerprint density at radius 1 is 0.564 bits per heavy atom. The summed E-state index contributed by atoms with van der Waals surface area (Å²) in [5.41, 5.74) is 0. The van der Waals surface area contributed by atoms with Gasteiger partial charge in [-0.3, -0.25) is 0 Å². The first kappa shape index (κ1) is 50.2. The van der Waals surface area contributed by atoms with E-state index >= 15 is 0 Å². The largest absolute Gasteiger partial charge is 2.00 e. The second-order valence-electron chi connectivity index (χ2n) is 11.0. The van der Waals surface area contributed by atoms with E-state index in [4.69, 9.17) is 28.3 Å². The molecule has 4 aliphatic rings. The van der Waals surface area contributed by atoms with Crippen LogP contribution in [0.2, 0.25) is 0 Å². The van der Waals surface area contributed by atoms with Gasteiger partial charge >= 0.3 is 17.1 Å². The molecular weight excluding hydrogens is 609 g/mol. The Kier molecular flexibility index (Phi) is 46.0. The van der Waals surface area contributed by atoms with Gasteiger partial charge in [0, 0.05) is 47.5 Å². The second kappa shape index (κ2) is 35.7. The smallest absolute Gasteiger partial charge is 0.396 e. The van der Waals surface area contributed by atoms with Crippen molar-refractivity contribution in [3.8, 4) is 0 Å². The predicted octanol–water partition coefficient (Wildman–Crippen LogP) is 10.9. The molecule has 0 radical (unpaired) electrons. The zero-order valence-corrected chi connectivity index (χ0v) is 30.4. The maximum atomic E-state index is 8.84. The van der Waals surface area contributed by atoms with Crippen LogP contribution in [0.3, 0.4) is 0 Å². The normalized spacial score (nSPS) is 18.9. The van der Waals surface area contributed by atoms with Crippen molar-refractivity contribution in [2.45, 2.75) is 153 Å². The molecule has 242 valence electrons. The molecule has 0 aromatic rings. The monoisotopic (exact) mass is 676 g/mol. The molecule has 39 heavy (non-hydrogen) atoms. The molecule has 0 aromatic heterocycles. The standard InChI is InChI=1S/C18H35NO.2C5H9Cl.C2H6.3CH3.2Fe/c20-14-8-2-1-7-13-19(15-17-9-3-4-10-17)16-18-11-5-6-12-18;2*6-5-3-1-2-4-5;1-2;;;;;/h17-18,20H,1-16H2;2*5H,1-4H2;1-2H3;3*1H3;;/q;;;;3*-1;;+2. The number of halogens is 2. The van der Waals surface area contributed by atoms with E-state index in [1.807, 2.05) is 13.8 Å². The van der Waals surface area contributed by atoms with Crippen molar-refractivity contribution < 1.29 is 39.2 Å². The van der Waals surface area contributed by atoms with Crippen LogP contribution in [0, 0.1) is 34.1 Å². The molecule has 0 saturated heterocycles. The fourth-order valence-electron chi connectivity index (χ4n) is 5.93. The summed E-state index contributed by atoms with van der Waals surface area (Å²) in [7, 11) is 0. The van der Waals surface area contributed by atoms with E-state index < -0.39 is 0 Å². The topological polar surface area (TPSA) is 23.5 Å². The molecule has 0 amide bonds. The molecule has 0 unspecified atom stereocenters. The predicted molar refractivity (Wildman–Crippen MR) is 173 cm³/mol. The summed E-state index contributed by atoms with van der Waals surface area (Å²) >= 11 is 11.4. The third-order valence-corrected chi connectivity index (χ3v) is 8.81. The molecule has 4 aliphatic carbocycles. The summed E-state index contributed by atoms with van der Waals surface area (Å²) < 4.78 is 0. The van der Waals surface area contributed by atoms with Crippen LogP contribution in [0.4, 0.5) is 0 Å². The van der Waals surface area contributed by atoms with Gasteiger partial charge in [-0.15, -0.1) is 23.2 Å². The Morgan fingerprint density at radius 2 is 0.872 bits per heavy atom. The van der Waals surface area contributed by atoms with Crippen molar-refractivity contribution in [3.05, 3.63) is 22.3 Å². The van der Waals surface area contributed by atoms with E-state index in [2.05, 4.69) is 4.90 Å². The molecule has 1 N–H and O–H groups in total. The van der Waals surface area contributed by atoms with Crippen LogP contribution in [0.15, 0.2) is 0 Å². The quantitative estimate of drug-likeness (QED) is 0.108. The number of unbranched alkanes of at least 4 members (excludes halogenated alkanes) is 3. The molecule has 4 rings (SSSR count). The van der Waals surface area contributed by atoms with Crippen LogP contribution in [-0.2, 0) is 34.1 Å². The molecule has 4 fully saturated rings. The minimum atomic E-state index is 0. The Hall–Kier alpha value is 1.54. The average molecular weight is 678 g/mol. The summed E-state index contributed by atoms with van der Waals surface area (Å²) in [5.74, 6) is 1.99. The van der Waals surface area contributed by atoms with Gasteiger partial charge < -0.3 is 32.3 Å². The average Bonchev–Trinajstić information content (AvgIpc) is 3.66. The zero-order valence-electron chi connectivity index (χ0n) is 26.6. The first-order valence-electron chi connectivity index (χ1n) is 15.3. The first-order chi connectivity index (χ1) is 16.7. The summed E-state index contributed by atoms with van der Waals surface area (Å²) in [6.07, 6.45) is 27.0. The number of alkyl halides is 2. The molecule has 2 nitrogen and oxygen atoms in total. The van der Waals surface area contributed by atoms with E-state index in [1.54, 1.807) is 0 Å². The summed E-state index contributed by atoms with van der Waals surface area (Å²) in [6.45, 7) is 8.42. The zero-order chi connectivity index (χ0) is 24.9. The SMILES string of the molecule is CC.ClC1CCCC1.ClC1CCCC1.OCCCCCCN(CC1CCCC1)CC1CCCC1.[CH3-].[CH3-].[CH3-].[Fe+2].[Fe]. The van der Waals surface area contributed by atoms with Crippen LogP contribution in [0.25, 0.3) is 0 Å². The van der Waals surface area contributed by atoms with E-state index in [0.29, 0.717) is 17.4 Å². The van der Waals surface area contributed by atoms with Gasteiger partial charge in [0.15, 0.2) is 0 Å². The summed E-state index contributed by atoms with van der Waals surface area (Å²) in [5, 5.41) is 9.88. The first-order valence-corrected chi connectivity index (χ1v) is 16.2. The maximum Gasteiger partial charge on any atom is 2.00 e. The number of rotatable bonds is 10. The van der Waals surface area contributed by atoms with E-state index in [1.165, 1.54) is 142 Å². The summed E-state index contributed by atoms with van der Waals surface area (Å²) in [4.78, 5) is 2.80. The number of nitrogens with zero attached hydrogens (tertiary/aromatic N) is 1. The molecule has 0 aromatic carbocycles. The van der Waals surface area contributed by atoms with Gasteiger partial charge in [0.2, 0.25) is 0 Å². The fraction of sp³-hybridized carbons (Fsp3) is 0.909. The number of aliphatic hydroxyl groups excluding tert-OH is 1. The number of aliphatic hydroxyl groups is 1. The van der Waals surface area contributed by atoms with Crippen molar-refractivity contribution >= 4 is 23.2 Å². The van der Waals surface area contributed by atoms with Crippen LogP contribution >= 0.6 is 23.2 Å². The van der Waals surface area contributed by atoms with Crippen LogP contribution in [-0.4, -0.2) is 47.0 Å². The molecule has 0 aliphatic heterocycles. The minimum absolute atomic E-state index is 0. The number of hydrogen-bond acceptors (Lipinski definition) is 2. The third-order valence-electron chi connectivity index (χ3n) is 7.93. The van der Waals surface area contributed by atoms with Crippen LogP contribution in [0.5, 0.6) is 0 Å². The van der Waals surface area contributed by atoms with Gasteiger partial charge in [0.05, 0.1) is 0 Å². The fourth-order valence-corrected chi connectivity index (χ4v) is 6.54. The van der Waals surface area contributed by atoms with E-state index in [0.717, 1.165) is 18.3 Å². The molecule has 0 heterocycles. The molecule has 0 bridgehead atoms. The van der Waals surface area contributed by atoms with Gasteiger partial charge in [-0.25, -0.2) is 0 Å². The van der Waals surface area contributed by atoms with Crippen molar-refractivity contribution in [3.63, 3.8) is 0 Å². The van der Waals surface area contributed by atoms with E-state index in [9.17, 15) is 0 Å².